The lowest BCUT2D eigenvalue weighted by Gasteiger charge is -2.28. The largest absolute Gasteiger partial charge is 0.507 e. The highest BCUT2D eigenvalue weighted by Gasteiger charge is 2.30. The molecule has 0 saturated heterocycles. The molecule has 0 heterocycles. The lowest BCUT2D eigenvalue weighted by atomic mass is 9.78. The Morgan fingerprint density at radius 3 is 1.60 bits per heavy atom. The van der Waals surface area contributed by atoms with Crippen LogP contribution in [0.2, 0.25) is 0 Å². The van der Waals surface area contributed by atoms with E-state index in [9.17, 15) is 14.7 Å². The Hall–Kier alpha value is -3.40. The van der Waals surface area contributed by atoms with Gasteiger partial charge in [0.2, 0.25) is 0 Å². The Labute approximate surface area is 272 Å². The molecule has 4 heteroatoms. The van der Waals surface area contributed by atoms with Crippen LogP contribution in [0.4, 0.5) is 0 Å². The number of carbonyl (C=O) groups is 2. The van der Waals surface area contributed by atoms with Crippen molar-refractivity contribution < 1.29 is 19.4 Å². The number of hydrogen-bond acceptors (Lipinski definition) is 4. The van der Waals surface area contributed by atoms with Gasteiger partial charge in [-0.05, 0) is 86.9 Å². The van der Waals surface area contributed by atoms with Crippen molar-refractivity contribution in [3.8, 4) is 11.5 Å². The molecule has 0 aliphatic carbocycles. The summed E-state index contributed by atoms with van der Waals surface area (Å²) >= 11 is 0. The molecule has 4 nitrogen and oxygen atoms in total. The molecule has 45 heavy (non-hydrogen) atoms. The molecule has 0 spiro atoms. The molecule has 0 aromatic heterocycles. The van der Waals surface area contributed by atoms with E-state index >= 15 is 0 Å². The van der Waals surface area contributed by atoms with Crippen molar-refractivity contribution >= 4 is 11.8 Å². The van der Waals surface area contributed by atoms with Crippen molar-refractivity contribution in [3.05, 3.63) is 93.0 Å². The molecule has 1 N–H and O–H groups in total. The number of Topliss-reactive ketones (excluding diaryl/α,β-unsaturated/α-hetero) is 1. The van der Waals surface area contributed by atoms with Crippen LogP contribution < -0.4 is 4.74 Å². The van der Waals surface area contributed by atoms with E-state index in [4.69, 9.17) is 4.74 Å². The van der Waals surface area contributed by atoms with E-state index in [1.54, 1.807) is 6.92 Å². The van der Waals surface area contributed by atoms with Crippen LogP contribution in [0, 0.1) is 6.92 Å². The fourth-order valence-electron chi connectivity index (χ4n) is 5.76. The van der Waals surface area contributed by atoms with Crippen LogP contribution in [-0.2, 0) is 37.7 Å². The Bertz CT molecular complexity index is 1530. The van der Waals surface area contributed by atoms with Gasteiger partial charge in [0.15, 0.2) is 0 Å². The number of aryl methyl sites for hydroxylation is 2. The second kappa shape index (κ2) is 12.8. The molecular formula is C41H56O4. The third-order valence-corrected chi connectivity index (χ3v) is 8.68. The van der Waals surface area contributed by atoms with Crippen LogP contribution in [0.3, 0.4) is 0 Å². The summed E-state index contributed by atoms with van der Waals surface area (Å²) in [5.74, 6) is -0.180. The molecule has 244 valence electrons. The first kappa shape index (κ1) is 36.1. The molecule has 0 aliphatic rings. The van der Waals surface area contributed by atoms with Crippen molar-refractivity contribution in [2.45, 2.75) is 137 Å². The van der Waals surface area contributed by atoms with Gasteiger partial charge in [-0.25, -0.2) is 0 Å². The molecule has 0 radical (unpaired) electrons. The summed E-state index contributed by atoms with van der Waals surface area (Å²) in [5, 5.41) is 11.1. The third-order valence-electron chi connectivity index (χ3n) is 8.68. The smallest absolute Gasteiger partial charge is 0.311 e. The summed E-state index contributed by atoms with van der Waals surface area (Å²) in [7, 11) is 0. The van der Waals surface area contributed by atoms with E-state index in [1.807, 2.05) is 37.3 Å². The number of ketones is 1. The van der Waals surface area contributed by atoms with Crippen LogP contribution in [0.25, 0.3) is 0 Å². The molecule has 0 amide bonds. The van der Waals surface area contributed by atoms with Crippen LogP contribution >= 0.6 is 0 Å². The highest BCUT2D eigenvalue weighted by atomic mass is 16.5. The summed E-state index contributed by atoms with van der Waals surface area (Å²) in [6.07, 6.45) is 0.644. The molecule has 1 unspecified atom stereocenters. The molecule has 0 aliphatic heterocycles. The molecule has 0 saturated carbocycles. The van der Waals surface area contributed by atoms with Gasteiger partial charge in [-0.1, -0.05) is 126 Å². The first-order valence-corrected chi connectivity index (χ1v) is 16.2. The predicted molar refractivity (Wildman–Crippen MR) is 187 cm³/mol. The van der Waals surface area contributed by atoms with Crippen molar-refractivity contribution in [3.63, 3.8) is 0 Å². The predicted octanol–water partition coefficient (Wildman–Crippen LogP) is 10.1. The fraction of sp³-hybridized carbons (Fsp3) is 0.512. The summed E-state index contributed by atoms with van der Waals surface area (Å²) in [6, 6.07) is 16.3. The Morgan fingerprint density at radius 2 is 1.16 bits per heavy atom. The number of phenolic OH excluding ortho intramolecular Hbond substituents is 1. The van der Waals surface area contributed by atoms with Crippen molar-refractivity contribution in [1.82, 2.24) is 0 Å². The summed E-state index contributed by atoms with van der Waals surface area (Å²) in [6.45, 7) is 29.1. The van der Waals surface area contributed by atoms with Gasteiger partial charge in [-0.3, -0.25) is 9.59 Å². The van der Waals surface area contributed by atoms with Crippen molar-refractivity contribution in [2.24, 2.45) is 0 Å². The number of carbonyl (C=O) groups excluding carboxylic acids is 2. The quantitative estimate of drug-likeness (QED) is 0.213. The van der Waals surface area contributed by atoms with E-state index < -0.39 is 5.92 Å². The minimum absolute atomic E-state index is 0.000954. The number of phenols is 1. The van der Waals surface area contributed by atoms with E-state index in [1.165, 1.54) is 0 Å². The number of aromatic hydroxyl groups is 1. The van der Waals surface area contributed by atoms with Gasteiger partial charge in [0, 0.05) is 12.0 Å². The third kappa shape index (κ3) is 8.66. The molecule has 3 aromatic rings. The van der Waals surface area contributed by atoms with Gasteiger partial charge in [0.05, 0.1) is 5.92 Å². The summed E-state index contributed by atoms with van der Waals surface area (Å²) in [5.41, 5.74) is 6.88. The minimum Gasteiger partial charge on any atom is -0.507 e. The van der Waals surface area contributed by atoms with E-state index in [2.05, 4.69) is 101 Å². The van der Waals surface area contributed by atoms with Gasteiger partial charge in [-0.15, -0.1) is 0 Å². The maximum absolute atomic E-state index is 13.5. The van der Waals surface area contributed by atoms with E-state index in [0.29, 0.717) is 23.5 Å². The highest BCUT2D eigenvalue weighted by Crippen LogP contribution is 2.41. The van der Waals surface area contributed by atoms with Gasteiger partial charge in [-0.2, -0.15) is 0 Å². The maximum Gasteiger partial charge on any atom is 0.311 e. The monoisotopic (exact) mass is 612 g/mol. The Morgan fingerprint density at radius 1 is 0.689 bits per heavy atom. The molecule has 0 fully saturated rings. The number of esters is 1. The minimum atomic E-state index is -0.571. The number of ether oxygens (including phenoxy) is 1. The number of benzene rings is 3. The summed E-state index contributed by atoms with van der Waals surface area (Å²) in [4.78, 5) is 26.9. The molecule has 1 atom stereocenters. The molecule has 0 bridgehead atoms. The van der Waals surface area contributed by atoms with E-state index in [-0.39, 0.29) is 39.8 Å². The Kier molecular flexibility index (Phi) is 10.2. The molecule has 3 aromatic carbocycles. The van der Waals surface area contributed by atoms with Crippen LogP contribution in [0.15, 0.2) is 48.5 Å². The maximum atomic E-state index is 13.5. The zero-order valence-electron chi connectivity index (χ0n) is 30.3. The topological polar surface area (TPSA) is 63.6 Å². The SMILES string of the molecule is CC(=O)C(c1cc(C(C)(C)C)ccc1C)c1cc(C(C)(C)C)ccc1OC(=O)CCc1cc(C(C)(C)C)c(O)c(C(C)(C)C)c1. The normalized spacial score (nSPS) is 13.5. The Balaban J connectivity index is 2.05. The zero-order valence-corrected chi connectivity index (χ0v) is 30.3. The standard InChI is InChI=1S/C41H56O4/c1-25-15-17-28(38(3,4)5)23-30(25)36(26(2)42)31-24-29(39(6,7)8)18-19-34(31)45-35(43)20-16-27-21-32(40(9,10)11)37(44)33(22-27)41(12,13)14/h15,17-19,21-24,36,44H,16,20H2,1-14H3. The van der Waals surface area contributed by atoms with Crippen LogP contribution in [-0.4, -0.2) is 16.9 Å². The van der Waals surface area contributed by atoms with Gasteiger partial charge in [0.1, 0.15) is 17.3 Å². The van der Waals surface area contributed by atoms with Crippen molar-refractivity contribution in [1.29, 1.82) is 0 Å². The highest BCUT2D eigenvalue weighted by molar-refractivity contribution is 5.89. The van der Waals surface area contributed by atoms with Gasteiger partial charge >= 0.3 is 5.97 Å². The lowest BCUT2D eigenvalue weighted by Crippen LogP contribution is -2.20. The van der Waals surface area contributed by atoms with E-state index in [0.717, 1.165) is 38.9 Å². The summed E-state index contributed by atoms with van der Waals surface area (Å²) < 4.78 is 6.10. The first-order valence-electron chi connectivity index (χ1n) is 16.2. The average molecular weight is 613 g/mol. The lowest BCUT2D eigenvalue weighted by molar-refractivity contribution is -0.134. The van der Waals surface area contributed by atoms with Gasteiger partial charge < -0.3 is 9.84 Å². The number of rotatable bonds is 7. The van der Waals surface area contributed by atoms with Crippen molar-refractivity contribution in [2.75, 3.05) is 0 Å². The number of hydrogen-bond donors (Lipinski definition) is 1. The second-order valence-electron chi connectivity index (χ2n) is 16.9. The fourth-order valence-corrected chi connectivity index (χ4v) is 5.76. The van der Waals surface area contributed by atoms with Gasteiger partial charge in [0.25, 0.3) is 0 Å². The van der Waals surface area contributed by atoms with Crippen LogP contribution in [0.1, 0.15) is 147 Å². The first-order chi connectivity index (χ1) is 20.4. The second-order valence-corrected chi connectivity index (χ2v) is 16.9. The average Bonchev–Trinajstić information content (AvgIpc) is 2.87. The molecular weight excluding hydrogens is 556 g/mol. The zero-order chi connectivity index (χ0) is 34.3. The molecule has 3 rings (SSSR count). The van der Waals surface area contributed by atoms with Crippen LogP contribution in [0.5, 0.6) is 11.5 Å².